The SMILES string of the molecule is C#Cc1cccc(-n2c(=O)[nH]c3ncsc3c2=O)c1Cl. The highest BCUT2D eigenvalue weighted by Gasteiger charge is 2.14. The van der Waals surface area contributed by atoms with Gasteiger partial charge in [0.05, 0.1) is 16.2 Å². The Kier molecular flexibility index (Phi) is 2.93. The number of rotatable bonds is 1. The highest BCUT2D eigenvalue weighted by atomic mass is 35.5. The van der Waals surface area contributed by atoms with Gasteiger partial charge in [-0.15, -0.1) is 17.8 Å². The van der Waals surface area contributed by atoms with E-state index in [-0.39, 0.29) is 16.4 Å². The predicted molar refractivity (Wildman–Crippen MR) is 78.8 cm³/mol. The molecule has 0 aliphatic heterocycles. The highest BCUT2D eigenvalue weighted by molar-refractivity contribution is 7.16. The standard InChI is InChI=1S/C13H6ClN3O2S/c1-2-7-4-3-5-8(9(7)14)17-12(18)10-11(15-6-20-10)16-13(17)19/h1,3-6H,(H,16,19). The minimum Gasteiger partial charge on any atom is -0.290 e. The normalized spacial score (nSPS) is 10.6. The molecular formula is C13H6ClN3O2S. The van der Waals surface area contributed by atoms with Gasteiger partial charge in [0.2, 0.25) is 0 Å². The van der Waals surface area contributed by atoms with Gasteiger partial charge < -0.3 is 0 Å². The molecule has 0 spiro atoms. The molecule has 0 bridgehead atoms. The first-order valence-electron chi connectivity index (χ1n) is 5.47. The van der Waals surface area contributed by atoms with Gasteiger partial charge in [-0.3, -0.25) is 9.78 Å². The second-order valence-corrected chi connectivity index (χ2v) is 5.12. The van der Waals surface area contributed by atoms with Gasteiger partial charge >= 0.3 is 5.69 Å². The Morgan fingerprint density at radius 2 is 2.20 bits per heavy atom. The van der Waals surface area contributed by atoms with E-state index in [2.05, 4.69) is 15.9 Å². The Morgan fingerprint density at radius 3 is 2.95 bits per heavy atom. The number of H-pyrrole nitrogens is 1. The zero-order valence-corrected chi connectivity index (χ0v) is 11.5. The molecule has 0 saturated carbocycles. The van der Waals surface area contributed by atoms with E-state index in [4.69, 9.17) is 18.0 Å². The summed E-state index contributed by atoms with van der Waals surface area (Å²) in [5, 5.41) is 0.187. The quantitative estimate of drug-likeness (QED) is 0.697. The highest BCUT2D eigenvalue weighted by Crippen LogP contribution is 2.22. The van der Waals surface area contributed by atoms with E-state index < -0.39 is 11.2 Å². The van der Waals surface area contributed by atoms with Crippen molar-refractivity contribution in [2.24, 2.45) is 0 Å². The second-order valence-electron chi connectivity index (χ2n) is 3.88. The van der Waals surface area contributed by atoms with Crippen LogP contribution in [0.3, 0.4) is 0 Å². The van der Waals surface area contributed by atoms with Crippen LogP contribution in [0, 0.1) is 12.3 Å². The van der Waals surface area contributed by atoms with E-state index in [1.165, 1.54) is 5.51 Å². The number of benzene rings is 1. The van der Waals surface area contributed by atoms with Gasteiger partial charge in [0.1, 0.15) is 4.70 Å². The molecule has 0 unspecified atom stereocenters. The lowest BCUT2D eigenvalue weighted by Crippen LogP contribution is -2.33. The van der Waals surface area contributed by atoms with Crippen molar-refractivity contribution in [3.8, 4) is 18.0 Å². The van der Waals surface area contributed by atoms with Crippen molar-refractivity contribution in [3.05, 3.63) is 55.1 Å². The largest absolute Gasteiger partial charge is 0.334 e. The molecule has 5 nitrogen and oxygen atoms in total. The Labute approximate surface area is 121 Å². The first-order chi connectivity index (χ1) is 9.63. The molecular weight excluding hydrogens is 298 g/mol. The van der Waals surface area contributed by atoms with Crippen LogP contribution in [0.1, 0.15) is 5.56 Å². The van der Waals surface area contributed by atoms with Crippen molar-refractivity contribution in [3.63, 3.8) is 0 Å². The molecule has 0 fully saturated rings. The average molecular weight is 304 g/mol. The lowest BCUT2D eigenvalue weighted by atomic mass is 10.2. The maximum Gasteiger partial charge on any atom is 0.334 e. The number of halogens is 1. The summed E-state index contributed by atoms with van der Waals surface area (Å²) in [6.07, 6.45) is 5.33. The Balaban J connectivity index is 2.45. The molecule has 2 aromatic heterocycles. The van der Waals surface area contributed by atoms with E-state index in [1.54, 1.807) is 18.2 Å². The summed E-state index contributed by atoms with van der Waals surface area (Å²) in [5.74, 6) is 2.41. The van der Waals surface area contributed by atoms with Crippen molar-refractivity contribution in [1.82, 2.24) is 14.5 Å². The van der Waals surface area contributed by atoms with E-state index in [9.17, 15) is 9.59 Å². The summed E-state index contributed by atoms with van der Waals surface area (Å²) in [7, 11) is 0. The molecule has 3 aromatic rings. The third kappa shape index (κ3) is 1.76. The molecule has 0 saturated heterocycles. The molecule has 7 heteroatoms. The molecule has 0 amide bonds. The number of thiazole rings is 1. The molecule has 3 rings (SSSR count). The van der Waals surface area contributed by atoms with Crippen LogP contribution in [0.2, 0.25) is 5.02 Å². The number of nitrogens with zero attached hydrogens (tertiary/aromatic N) is 2. The third-order valence-electron chi connectivity index (χ3n) is 2.77. The van der Waals surface area contributed by atoms with Gasteiger partial charge in [-0.1, -0.05) is 23.6 Å². The van der Waals surface area contributed by atoms with Crippen LogP contribution in [0.15, 0.2) is 33.3 Å². The third-order valence-corrected chi connectivity index (χ3v) is 3.98. The number of fused-ring (bicyclic) bond motifs is 1. The van der Waals surface area contributed by atoms with Gasteiger partial charge in [0.25, 0.3) is 5.56 Å². The average Bonchev–Trinajstić information content (AvgIpc) is 2.89. The summed E-state index contributed by atoms with van der Waals surface area (Å²) in [5.41, 5.74) is 1.35. The molecule has 98 valence electrons. The zero-order valence-electron chi connectivity index (χ0n) is 9.88. The van der Waals surface area contributed by atoms with Gasteiger partial charge in [-0.2, -0.15) is 0 Å². The minimum atomic E-state index is -0.607. The Bertz CT molecular complexity index is 978. The maximum absolute atomic E-state index is 12.4. The van der Waals surface area contributed by atoms with Gasteiger partial charge in [0, 0.05) is 5.56 Å². The number of aromatic nitrogens is 3. The Hall–Kier alpha value is -2.36. The van der Waals surface area contributed by atoms with Crippen molar-refractivity contribution < 1.29 is 0 Å². The fourth-order valence-electron chi connectivity index (χ4n) is 1.86. The molecule has 0 atom stereocenters. The van der Waals surface area contributed by atoms with E-state index in [0.29, 0.717) is 10.3 Å². The van der Waals surface area contributed by atoms with Crippen molar-refractivity contribution >= 4 is 33.3 Å². The zero-order chi connectivity index (χ0) is 14.3. The lowest BCUT2D eigenvalue weighted by Gasteiger charge is -2.07. The van der Waals surface area contributed by atoms with E-state index in [0.717, 1.165) is 15.9 Å². The van der Waals surface area contributed by atoms with Crippen LogP contribution in [-0.2, 0) is 0 Å². The van der Waals surface area contributed by atoms with Crippen LogP contribution in [0.5, 0.6) is 0 Å². The number of terminal acetylenes is 1. The number of hydrogen-bond donors (Lipinski definition) is 1. The minimum absolute atomic E-state index is 0.187. The van der Waals surface area contributed by atoms with Crippen LogP contribution >= 0.6 is 22.9 Å². The van der Waals surface area contributed by atoms with Crippen LogP contribution in [-0.4, -0.2) is 14.5 Å². The maximum atomic E-state index is 12.4. The summed E-state index contributed by atoms with van der Waals surface area (Å²) >= 11 is 7.29. The number of nitrogens with one attached hydrogen (secondary N) is 1. The molecule has 1 N–H and O–H groups in total. The van der Waals surface area contributed by atoms with Crippen LogP contribution in [0.4, 0.5) is 0 Å². The monoisotopic (exact) mass is 303 g/mol. The molecule has 20 heavy (non-hydrogen) atoms. The molecule has 2 heterocycles. The fraction of sp³-hybridized carbons (Fsp3) is 0. The summed E-state index contributed by atoms with van der Waals surface area (Å²) < 4.78 is 1.32. The molecule has 0 radical (unpaired) electrons. The topological polar surface area (TPSA) is 67.8 Å². The Morgan fingerprint density at radius 1 is 1.40 bits per heavy atom. The predicted octanol–water partition coefficient (Wildman–Crippen LogP) is 1.77. The smallest absolute Gasteiger partial charge is 0.290 e. The van der Waals surface area contributed by atoms with Gasteiger partial charge in [-0.05, 0) is 12.1 Å². The van der Waals surface area contributed by atoms with Crippen molar-refractivity contribution in [1.29, 1.82) is 0 Å². The van der Waals surface area contributed by atoms with Gasteiger partial charge in [-0.25, -0.2) is 14.3 Å². The van der Waals surface area contributed by atoms with Crippen molar-refractivity contribution in [2.75, 3.05) is 0 Å². The first kappa shape index (κ1) is 12.7. The second kappa shape index (κ2) is 4.63. The lowest BCUT2D eigenvalue weighted by molar-refractivity contribution is 0.899. The van der Waals surface area contributed by atoms with E-state index in [1.807, 2.05) is 0 Å². The van der Waals surface area contributed by atoms with Crippen LogP contribution in [0.25, 0.3) is 16.0 Å². The number of hydrogen-bond acceptors (Lipinski definition) is 4. The number of aromatic amines is 1. The molecule has 1 aromatic carbocycles. The summed E-state index contributed by atoms with van der Waals surface area (Å²) in [6, 6.07) is 4.84. The molecule has 0 aliphatic rings. The summed E-state index contributed by atoms with van der Waals surface area (Å²) in [4.78, 5) is 30.9. The van der Waals surface area contributed by atoms with Crippen LogP contribution < -0.4 is 11.2 Å². The summed E-state index contributed by atoms with van der Waals surface area (Å²) in [6.45, 7) is 0. The van der Waals surface area contributed by atoms with E-state index >= 15 is 0 Å². The fourth-order valence-corrected chi connectivity index (χ4v) is 2.80. The van der Waals surface area contributed by atoms with Crippen molar-refractivity contribution in [2.45, 2.75) is 0 Å². The van der Waals surface area contributed by atoms with Gasteiger partial charge in [0.15, 0.2) is 5.65 Å². The first-order valence-corrected chi connectivity index (χ1v) is 6.73. The molecule has 0 aliphatic carbocycles.